The third-order valence-corrected chi connectivity index (χ3v) is 3.75. The van der Waals surface area contributed by atoms with Crippen LogP contribution in [0.25, 0.3) is 0 Å². The highest BCUT2D eigenvalue weighted by Gasteiger charge is 2.09. The number of rotatable bonds is 4. The van der Waals surface area contributed by atoms with Crippen LogP contribution in [0.1, 0.15) is 5.56 Å². The monoisotopic (exact) mass is 314 g/mol. The van der Waals surface area contributed by atoms with Crippen LogP contribution in [0.5, 0.6) is 0 Å². The number of aryl methyl sites for hydroxylation is 1. The second kappa shape index (κ2) is 7.73. The van der Waals surface area contributed by atoms with Gasteiger partial charge in [-0.15, -0.1) is 0 Å². The van der Waals surface area contributed by atoms with Gasteiger partial charge in [0.2, 0.25) is 0 Å². The van der Waals surface area contributed by atoms with E-state index in [9.17, 15) is 0 Å². The second-order valence-electron chi connectivity index (χ2n) is 4.65. The Balaban J connectivity index is 1.70. The summed E-state index contributed by atoms with van der Waals surface area (Å²) in [4.78, 5) is 6.53. The van der Waals surface area contributed by atoms with E-state index in [-0.39, 0.29) is 0 Å². The number of nitrogens with zero attached hydrogens (tertiary/aromatic N) is 2. The van der Waals surface area contributed by atoms with Crippen molar-refractivity contribution in [2.75, 3.05) is 44.7 Å². The summed E-state index contributed by atoms with van der Waals surface area (Å²) in [6.45, 7) is 7.30. The molecule has 0 amide bonds. The zero-order valence-corrected chi connectivity index (χ0v) is 13.1. The molecule has 1 aromatic rings. The summed E-state index contributed by atoms with van der Waals surface area (Å²) in [5, 5.41) is 7.46. The van der Waals surface area contributed by atoms with Crippen LogP contribution in [-0.4, -0.2) is 54.4 Å². The largest absolute Gasteiger partial charge is 0.379 e. The molecule has 7 heteroatoms. The van der Waals surface area contributed by atoms with Gasteiger partial charge in [0.25, 0.3) is 0 Å². The SMILES string of the molecule is Cc1cc(NC(=S)NCCN2CCOCC2)ncc1Cl. The maximum atomic E-state index is 5.93. The van der Waals surface area contributed by atoms with Crippen molar-refractivity contribution in [3.63, 3.8) is 0 Å². The molecule has 0 radical (unpaired) electrons. The van der Waals surface area contributed by atoms with Crippen LogP contribution in [0.15, 0.2) is 12.3 Å². The van der Waals surface area contributed by atoms with Crippen molar-refractivity contribution >= 4 is 34.7 Å². The fourth-order valence-electron chi connectivity index (χ4n) is 1.92. The van der Waals surface area contributed by atoms with Gasteiger partial charge in [-0.2, -0.15) is 0 Å². The number of ether oxygens (including phenoxy) is 1. The molecule has 110 valence electrons. The van der Waals surface area contributed by atoms with Crippen molar-refractivity contribution in [2.45, 2.75) is 6.92 Å². The Morgan fingerprint density at radius 1 is 1.50 bits per heavy atom. The lowest BCUT2D eigenvalue weighted by molar-refractivity contribution is 0.0389. The molecule has 0 aromatic carbocycles. The first-order valence-corrected chi connectivity index (χ1v) is 7.41. The highest BCUT2D eigenvalue weighted by molar-refractivity contribution is 7.80. The van der Waals surface area contributed by atoms with E-state index in [2.05, 4.69) is 20.5 Å². The fraction of sp³-hybridized carbons (Fsp3) is 0.538. The molecule has 1 aromatic heterocycles. The fourth-order valence-corrected chi connectivity index (χ4v) is 2.23. The maximum absolute atomic E-state index is 5.93. The molecule has 1 aliphatic rings. The molecular formula is C13H19ClN4OS. The summed E-state index contributed by atoms with van der Waals surface area (Å²) >= 11 is 11.2. The van der Waals surface area contributed by atoms with E-state index in [0.717, 1.165) is 45.0 Å². The highest BCUT2D eigenvalue weighted by atomic mass is 35.5. The lowest BCUT2D eigenvalue weighted by Crippen LogP contribution is -2.42. The summed E-state index contributed by atoms with van der Waals surface area (Å²) in [7, 11) is 0. The number of pyridine rings is 1. The molecule has 20 heavy (non-hydrogen) atoms. The molecule has 2 N–H and O–H groups in total. The van der Waals surface area contributed by atoms with Gasteiger partial charge in [0.1, 0.15) is 5.82 Å². The number of anilines is 1. The van der Waals surface area contributed by atoms with Crippen LogP contribution in [0.2, 0.25) is 5.02 Å². The molecule has 0 bridgehead atoms. The number of nitrogens with one attached hydrogen (secondary N) is 2. The maximum Gasteiger partial charge on any atom is 0.171 e. The Hall–Kier alpha value is -0.950. The molecule has 1 fully saturated rings. The van der Waals surface area contributed by atoms with Crippen LogP contribution in [-0.2, 0) is 4.74 Å². The number of thiocarbonyl (C=S) groups is 1. The molecule has 1 aliphatic heterocycles. The molecule has 0 saturated carbocycles. The molecule has 1 saturated heterocycles. The van der Waals surface area contributed by atoms with E-state index in [1.54, 1.807) is 6.20 Å². The minimum atomic E-state index is 0.576. The van der Waals surface area contributed by atoms with Crippen LogP contribution in [0.4, 0.5) is 5.82 Å². The number of halogens is 1. The lowest BCUT2D eigenvalue weighted by atomic mass is 10.3. The third-order valence-electron chi connectivity index (χ3n) is 3.11. The van der Waals surface area contributed by atoms with Gasteiger partial charge in [-0.05, 0) is 30.8 Å². The summed E-state index contributed by atoms with van der Waals surface area (Å²) in [6.07, 6.45) is 1.62. The van der Waals surface area contributed by atoms with Crippen molar-refractivity contribution in [3.05, 3.63) is 22.8 Å². The number of aromatic nitrogens is 1. The van der Waals surface area contributed by atoms with Gasteiger partial charge >= 0.3 is 0 Å². The third kappa shape index (κ3) is 4.86. The molecular weight excluding hydrogens is 296 g/mol. The van der Waals surface area contributed by atoms with Crippen molar-refractivity contribution in [1.82, 2.24) is 15.2 Å². The molecule has 0 atom stereocenters. The van der Waals surface area contributed by atoms with Gasteiger partial charge in [0.15, 0.2) is 5.11 Å². The topological polar surface area (TPSA) is 49.4 Å². The van der Waals surface area contributed by atoms with Crippen LogP contribution in [0, 0.1) is 6.92 Å². The predicted molar refractivity (Wildman–Crippen MR) is 85.5 cm³/mol. The zero-order valence-electron chi connectivity index (χ0n) is 11.5. The minimum absolute atomic E-state index is 0.576. The highest BCUT2D eigenvalue weighted by Crippen LogP contribution is 2.16. The number of hydrogen-bond acceptors (Lipinski definition) is 4. The molecule has 0 aliphatic carbocycles. The average molecular weight is 315 g/mol. The quantitative estimate of drug-likeness (QED) is 0.824. The Bertz CT molecular complexity index is 466. The summed E-state index contributed by atoms with van der Waals surface area (Å²) in [5.74, 6) is 0.704. The first-order chi connectivity index (χ1) is 9.65. The Morgan fingerprint density at radius 2 is 2.25 bits per heavy atom. The van der Waals surface area contributed by atoms with Gasteiger partial charge in [-0.1, -0.05) is 11.6 Å². The van der Waals surface area contributed by atoms with Gasteiger partial charge < -0.3 is 15.4 Å². The van der Waals surface area contributed by atoms with Crippen LogP contribution < -0.4 is 10.6 Å². The standard InChI is InChI=1S/C13H19ClN4OS/c1-10-8-12(16-9-11(10)14)17-13(20)15-2-3-18-4-6-19-7-5-18/h8-9H,2-7H2,1H3,(H2,15,16,17,20). The molecule has 0 unspecified atom stereocenters. The normalized spacial score (nSPS) is 15.9. The van der Waals surface area contributed by atoms with Gasteiger partial charge in [-0.3, -0.25) is 4.90 Å². The lowest BCUT2D eigenvalue weighted by Gasteiger charge is -2.26. The van der Waals surface area contributed by atoms with Crippen molar-refractivity contribution in [3.8, 4) is 0 Å². The summed E-state index contributed by atoms with van der Waals surface area (Å²) < 4.78 is 5.31. The Labute approximate surface area is 129 Å². The van der Waals surface area contributed by atoms with Crippen LogP contribution >= 0.6 is 23.8 Å². The molecule has 2 rings (SSSR count). The van der Waals surface area contributed by atoms with Crippen LogP contribution in [0.3, 0.4) is 0 Å². The van der Waals surface area contributed by atoms with E-state index in [1.807, 2.05) is 13.0 Å². The smallest absolute Gasteiger partial charge is 0.171 e. The Morgan fingerprint density at radius 3 is 2.95 bits per heavy atom. The van der Waals surface area contributed by atoms with E-state index in [1.165, 1.54) is 0 Å². The first-order valence-electron chi connectivity index (χ1n) is 6.62. The first kappa shape index (κ1) is 15.4. The van der Waals surface area contributed by atoms with Gasteiger partial charge in [-0.25, -0.2) is 4.98 Å². The zero-order chi connectivity index (χ0) is 14.4. The van der Waals surface area contributed by atoms with Crippen molar-refractivity contribution in [2.24, 2.45) is 0 Å². The number of hydrogen-bond donors (Lipinski definition) is 2. The van der Waals surface area contributed by atoms with E-state index >= 15 is 0 Å². The molecule has 0 spiro atoms. The summed E-state index contributed by atoms with van der Waals surface area (Å²) in [5.41, 5.74) is 0.972. The average Bonchev–Trinajstić information content (AvgIpc) is 2.44. The van der Waals surface area contributed by atoms with E-state index in [0.29, 0.717) is 16.0 Å². The molecule has 2 heterocycles. The van der Waals surface area contributed by atoms with Crippen molar-refractivity contribution < 1.29 is 4.74 Å². The van der Waals surface area contributed by atoms with Gasteiger partial charge in [0, 0.05) is 32.4 Å². The minimum Gasteiger partial charge on any atom is -0.379 e. The van der Waals surface area contributed by atoms with E-state index < -0.39 is 0 Å². The Kier molecular flexibility index (Phi) is 5.97. The van der Waals surface area contributed by atoms with Crippen molar-refractivity contribution in [1.29, 1.82) is 0 Å². The second-order valence-corrected chi connectivity index (χ2v) is 5.47. The summed E-state index contributed by atoms with van der Waals surface area (Å²) in [6, 6.07) is 1.87. The van der Waals surface area contributed by atoms with E-state index in [4.69, 9.17) is 28.6 Å². The molecule has 5 nitrogen and oxygen atoms in total. The predicted octanol–water partition coefficient (Wildman–Crippen LogP) is 1.66. The van der Waals surface area contributed by atoms with Gasteiger partial charge in [0.05, 0.1) is 18.2 Å². The number of morpholine rings is 1.